The van der Waals surface area contributed by atoms with E-state index in [0.29, 0.717) is 32.7 Å². The van der Waals surface area contributed by atoms with Crippen molar-refractivity contribution in [2.75, 3.05) is 31.1 Å². The number of fused-ring (bicyclic) bond motifs is 1. The lowest BCUT2D eigenvalue weighted by molar-refractivity contribution is 0.0738. The van der Waals surface area contributed by atoms with Crippen molar-refractivity contribution in [1.82, 2.24) is 24.6 Å². The molecule has 0 N–H and O–H groups in total. The molecule has 1 amide bonds. The number of hydrogen-bond acceptors (Lipinski definition) is 7. The average molecular weight is 433 g/mol. The highest BCUT2D eigenvalue weighted by molar-refractivity contribution is 7.16. The number of benzene rings is 1. The molecule has 9 heteroatoms. The molecule has 1 fully saturated rings. The van der Waals surface area contributed by atoms with Crippen molar-refractivity contribution >= 4 is 33.3 Å². The van der Waals surface area contributed by atoms with Gasteiger partial charge in [0.05, 0.1) is 11.9 Å². The second-order valence-electron chi connectivity index (χ2n) is 7.32. The van der Waals surface area contributed by atoms with Crippen molar-refractivity contribution in [2.24, 2.45) is 0 Å². The van der Waals surface area contributed by atoms with Crippen LogP contribution in [0.25, 0.3) is 10.2 Å². The van der Waals surface area contributed by atoms with Crippen LogP contribution in [-0.4, -0.2) is 56.7 Å². The van der Waals surface area contributed by atoms with Crippen molar-refractivity contribution in [3.8, 4) is 0 Å². The SMILES string of the molecule is O=C(c1ccc(=O)n(Cc2ccccc2)n1)N1CCN(c2ncnc3sccc23)CC1. The van der Waals surface area contributed by atoms with E-state index in [0.717, 1.165) is 21.6 Å². The third kappa shape index (κ3) is 3.91. The van der Waals surface area contributed by atoms with E-state index < -0.39 is 0 Å². The number of amides is 1. The molecule has 0 bridgehead atoms. The highest BCUT2D eigenvalue weighted by atomic mass is 32.1. The second kappa shape index (κ2) is 8.27. The molecule has 0 atom stereocenters. The molecule has 31 heavy (non-hydrogen) atoms. The minimum absolute atomic E-state index is 0.162. The number of anilines is 1. The third-order valence-electron chi connectivity index (χ3n) is 5.37. The van der Waals surface area contributed by atoms with Crippen LogP contribution in [0.1, 0.15) is 16.1 Å². The van der Waals surface area contributed by atoms with Gasteiger partial charge in [-0.2, -0.15) is 5.10 Å². The molecule has 8 nitrogen and oxygen atoms in total. The summed E-state index contributed by atoms with van der Waals surface area (Å²) in [5.41, 5.74) is 1.01. The Morgan fingerprint density at radius 1 is 0.968 bits per heavy atom. The summed E-state index contributed by atoms with van der Waals surface area (Å²) in [6.45, 7) is 2.82. The van der Waals surface area contributed by atoms with Gasteiger partial charge in [0.15, 0.2) is 0 Å². The quantitative estimate of drug-likeness (QED) is 0.492. The molecule has 0 unspecified atom stereocenters. The lowest BCUT2D eigenvalue weighted by Gasteiger charge is -2.35. The highest BCUT2D eigenvalue weighted by Gasteiger charge is 2.25. The maximum atomic E-state index is 13.0. The molecule has 0 saturated carbocycles. The number of aromatic nitrogens is 4. The molecule has 5 rings (SSSR count). The van der Waals surface area contributed by atoms with E-state index in [1.54, 1.807) is 22.6 Å². The molecule has 4 heterocycles. The van der Waals surface area contributed by atoms with Crippen LogP contribution in [0.5, 0.6) is 0 Å². The number of piperazine rings is 1. The average Bonchev–Trinajstić information content (AvgIpc) is 3.30. The first kappa shape index (κ1) is 19.4. The van der Waals surface area contributed by atoms with Crippen LogP contribution in [0.2, 0.25) is 0 Å². The molecular weight excluding hydrogens is 412 g/mol. The molecule has 1 aromatic carbocycles. The monoisotopic (exact) mass is 432 g/mol. The van der Waals surface area contributed by atoms with Crippen molar-refractivity contribution in [3.05, 3.63) is 81.8 Å². The number of thiophene rings is 1. The van der Waals surface area contributed by atoms with Crippen molar-refractivity contribution in [2.45, 2.75) is 6.54 Å². The molecule has 0 radical (unpaired) electrons. The zero-order valence-electron chi connectivity index (χ0n) is 16.7. The third-order valence-corrected chi connectivity index (χ3v) is 6.19. The maximum Gasteiger partial charge on any atom is 0.274 e. The molecule has 1 aliphatic rings. The number of carbonyl (C=O) groups excluding carboxylic acids is 1. The second-order valence-corrected chi connectivity index (χ2v) is 8.21. The molecule has 0 spiro atoms. The van der Waals surface area contributed by atoms with Crippen LogP contribution in [0.3, 0.4) is 0 Å². The van der Waals surface area contributed by atoms with E-state index in [4.69, 9.17) is 0 Å². The van der Waals surface area contributed by atoms with Gasteiger partial charge >= 0.3 is 0 Å². The van der Waals surface area contributed by atoms with E-state index in [1.165, 1.54) is 16.8 Å². The van der Waals surface area contributed by atoms with Crippen LogP contribution in [0, 0.1) is 0 Å². The molecule has 1 aliphatic heterocycles. The summed E-state index contributed by atoms with van der Waals surface area (Å²) < 4.78 is 1.34. The Bertz CT molecular complexity index is 1280. The topological polar surface area (TPSA) is 84.2 Å². The largest absolute Gasteiger partial charge is 0.352 e. The summed E-state index contributed by atoms with van der Waals surface area (Å²) in [6.07, 6.45) is 1.59. The first-order valence-corrected chi connectivity index (χ1v) is 10.9. The summed E-state index contributed by atoms with van der Waals surface area (Å²) in [4.78, 5) is 38.9. The Balaban J connectivity index is 1.30. The molecular formula is C22H20N6O2S. The van der Waals surface area contributed by atoms with Crippen molar-refractivity contribution in [1.29, 1.82) is 0 Å². The lowest BCUT2D eigenvalue weighted by atomic mass is 10.2. The highest BCUT2D eigenvalue weighted by Crippen LogP contribution is 2.27. The van der Waals surface area contributed by atoms with Gasteiger partial charge in [0.2, 0.25) is 0 Å². The minimum Gasteiger partial charge on any atom is -0.352 e. The zero-order chi connectivity index (χ0) is 21.2. The summed E-state index contributed by atoms with van der Waals surface area (Å²) in [6, 6.07) is 14.6. The molecule has 3 aromatic heterocycles. The van der Waals surface area contributed by atoms with Gasteiger partial charge in [-0.15, -0.1) is 11.3 Å². The van der Waals surface area contributed by atoms with Gasteiger partial charge in [-0.3, -0.25) is 9.59 Å². The fourth-order valence-corrected chi connectivity index (χ4v) is 4.47. The number of rotatable bonds is 4. The van der Waals surface area contributed by atoms with Gasteiger partial charge < -0.3 is 9.80 Å². The lowest BCUT2D eigenvalue weighted by Crippen LogP contribution is -2.49. The molecule has 156 valence electrons. The van der Waals surface area contributed by atoms with Gasteiger partial charge in [-0.25, -0.2) is 14.6 Å². The van der Waals surface area contributed by atoms with Gasteiger partial charge in [0.1, 0.15) is 22.7 Å². The van der Waals surface area contributed by atoms with Crippen LogP contribution in [0.15, 0.2) is 65.0 Å². The Kier molecular flexibility index (Phi) is 5.17. The fourth-order valence-electron chi connectivity index (χ4n) is 3.74. The minimum atomic E-state index is -0.228. The number of hydrogen-bond donors (Lipinski definition) is 0. The Labute approximate surface area is 182 Å². The number of nitrogens with zero attached hydrogens (tertiary/aromatic N) is 6. The van der Waals surface area contributed by atoms with Gasteiger partial charge in [-0.1, -0.05) is 30.3 Å². The fraction of sp³-hybridized carbons (Fsp3) is 0.227. The first-order valence-electron chi connectivity index (χ1n) is 10.0. The Morgan fingerprint density at radius 2 is 1.77 bits per heavy atom. The molecule has 4 aromatic rings. The van der Waals surface area contributed by atoms with E-state index in [-0.39, 0.29) is 17.2 Å². The van der Waals surface area contributed by atoms with Crippen molar-refractivity contribution in [3.63, 3.8) is 0 Å². The first-order chi connectivity index (χ1) is 15.2. The Morgan fingerprint density at radius 3 is 2.58 bits per heavy atom. The molecule has 1 saturated heterocycles. The Hall–Kier alpha value is -3.59. The van der Waals surface area contributed by atoms with Crippen LogP contribution < -0.4 is 10.5 Å². The van der Waals surface area contributed by atoms with Crippen LogP contribution >= 0.6 is 11.3 Å². The summed E-state index contributed by atoms with van der Waals surface area (Å²) in [7, 11) is 0. The summed E-state index contributed by atoms with van der Waals surface area (Å²) in [5.74, 6) is 0.748. The van der Waals surface area contributed by atoms with E-state index in [2.05, 4.69) is 20.0 Å². The van der Waals surface area contributed by atoms with Gasteiger partial charge in [0.25, 0.3) is 11.5 Å². The smallest absolute Gasteiger partial charge is 0.274 e. The van der Waals surface area contributed by atoms with E-state index in [1.807, 2.05) is 41.8 Å². The van der Waals surface area contributed by atoms with Crippen LogP contribution in [-0.2, 0) is 6.54 Å². The van der Waals surface area contributed by atoms with Crippen LogP contribution in [0.4, 0.5) is 5.82 Å². The zero-order valence-corrected chi connectivity index (χ0v) is 17.5. The predicted octanol–water partition coefficient (Wildman–Crippen LogP) is 2.26. The maximum absolute atomic E-state index is 13.0. The standard InChI is InChI=1S/C22H20N6O2S/c29-19-7-6-18(25-28(19)14-16-4-2-1-3-5-16)22(30)27-11-9-26(10-12-27)20-17-8-13-31-21(17)24-15-23-20/h1-8,13,15H,9-12,14H2. The van der Waals surface area contributed by atoms with Gasteiger partial charge in [0, 0.05) is 32.2 Å². The normalized spacial score (nSPS) is 14.2. The summed E-state index contributed by atoms with van der Waals surface area (Å²) in [5, 5.41) is 7.39. The molecule has 0 aliphatic carbocycles. The van der Waals surface area contributed by atoms with E-state index in [9.17, 15) is 9.59 Å². The number of carbonyl (C=O) groups is 1. The van der Waals surface area contributed by atoms with Crippen molar-refractivity contribution < 1.29 is 4.79 Å². The predicted molar refractivity (Wildman–Crippen MR) is 120 cm³/mol. The summed E-state index contributed by atoms with van der Waals surface area (Å²) >= 11 is 1.59. The van der Waals surface area contributed by atoms with Gasteiger partial charge in [-0.05, 0) is 23.1 Å². The van der Waals surface area contributed by atoms with E-state index >= 15 is 0 Å².